The van der Waals surface area contributed by atoms with Gasteiger partial charge in [-0.15, -0.1) is 0 Å². The van der Waals surface area contributed by atoms with Gasteiger partial charge in [0.15, 0.2) is 11.6 Å². The van der Waals surface area contributed by atoms with E-state index in [0.29, 0.717) is 11.6 Å². The number of aromatic nitrogens is 3. The first-order valence-corrected chi connectivity index (χ1v) is 16.7. The van der Waals surface area contributed by atoms with Crippen LogP contribution in [-0.4, -0.2) is 15.0 Å². The monoisotopic (exact) mass is 617 g/mol. The molecule has 0 aliphatic heterocycles. The Morgan fingerprint density at radius 1 is 0.417 bits per heavy atom. The largest absolute Gasteiger partial charge is 0.212 e. The number of hydrogen-bond acceptors (Lipinski definition) is 3. The van der Waals surface area contributed by atoms with E-state index in [4.69, 9.17) is 15.0 Å². The molecule has 1 atom stereocenters. The zero-order valence-corrected chi connectivity index (χ0v) is 27.6. The first-order valence-electron chi connectivity index (χ1n) is 16.7. The lowest BCUT2D eigenvalue weighted by molar-refractivity contribution is 0.543. The minimum absolute atomic E-state index is 0.224. The summed E-state index contributed by atoms with van der Waals surface area (Å²) in [4.78, 5) is 14.9. The highest BCUT2D eigenvalue weighted by Gasteiger charge is 2.51. The van der Waals surface area contributed by atoms with Gasteiger partial charge in [0.2, 0.25) is 0 Å². The Morgan fingerprint density at radius 2 is 0.938 bits per heavy atom. The predicted molar refractivity (Wildman–Crippen MR) is 196 cm³/mol. The highest BCUT2D eigenvalue weighted by atomic mass is 15.0. The summed E-state index contributed by atoms with van der Waals surface area (Å²) >= 11 is 0. The van der Waals surface area contributed by atoms with Crippen molar-refractivity contribution < 1.29 is 0 Å². The second kappa shape index (κ2) is 10.4. The van der Waals surface area contributed by atoms with Crippen molar-refractivity contribution in [3.63, 3.8) is 0 Å². The van der Waals surface area contributed by atoms with Crippen molar-refractivity contribution in [1.29, 1.82) is 0 Å². The van der Waals surface area contributed by atoms with E-state index in [0.717, 1.165) is 22.5 Å². The molecule has 3 nitrogen and oxygen atoms in total. The molecule has 2 aliphatic carbocycles. The Morgan fingerprint density at radius 3 is 1.62 bits per heavy atom. The van der Waals surface area contributed by atoms with E-state index in [1.165, 1.54) is 55.6 Å². The summed E-state index contributed by atoms with van der Waals surface area (Å²) in [6.45, 7) is 8.63. The minimum atomic E-state index is -0.339. The van der Waals surface area contributed by atoms with Gasteiger partial charge in [-0.2, -0.15) is 0 Å². The molecular formula is C45H35N3. The van der Waals surface area contributed by atoms with E-state index in [9.17, 15) is 0 Å². The Kier molecular flexibility index (Phi) is 6.20. The van der Waals surface area contributed by atoms with Crippen LogP contribution in [0, 0.1) is 6.92 Å². The van der Waals surface area contributed by atoms with E-state index in [-0.39, 0.29) is 10.8 Å². The van der Waals surface area contributed by atoms with E-state index < -0.39 is 0 Å². The number of rotatable bonds is 3. The van der Waals surface area contributed by atoms with Gasteiger partial charge in [-0.25, -0.2) is 15.0 Å². The predicted octanol–water partition coefficient (Wildman–Crippen LogP) is 10.8. The highest BCUT2D eigenvalue weighted by molar-refractivity contribution is 5.96. The average Bonchev–Trinajstić information content (AvgIpc) is 3.58. The van der Waals surface area contributed by atoms with E-state index in [2.05, 4.69) is 149 Å². The normalized spacial score (nSPS) is 15.6. The molecule has 1 aromatic heterocycles. The van der Waals surface area contributed by atoms with Crippen molar-refractivity contribution in [2.75, 3.05) is 0 Å². The van der Waals surface area contributed by atoms with Gasteiger partial charge >= 0.3 is 0 Å². The summed E-state index contributed by atoms with van der Waals surface area (Å²) < 4.78 is 0. The highest BCUT2D eigenvalue weighted by Crippen LogP contribution is 2.63. The molecular weight excluding hydrogens is 583 g/mol. The molecule has 48 heavy (non-hydrogen) atoms. The van der Waals surface area contributed by atoms with Crippen LogP contribution in [0.5, 0.6) is 0 Å². The third-order valence-corrected chi connectivity index (χ3v) is 10.0. The standard InChI is InChI=1S/C45H35N3/c1-28-21-23-39-35(25-28)33-17-8-10-19-37(33)45(39)38-20-11-9-18-34(38)36-27-31(22-24-40(36)45)30-15-12-16-32(26-30)42-46-41(29-13-6-5-7-14-29)47-43(48-42)44(2,3)4/h5-27H,1-4H3. The van der Waals surface area contributed by atoms with Crippen molar-refractivity contribution in [2.24, 2.45) is 0 Å². The molecule has 0 saturated heterocycles. The van der Waals surface area contributed by atoms with Gasteiger partial charge in [-0.3, -0.25) is 0 Å². The third-order valence-electron chi connectivity index (χ3n) is 10.0. The Bertz CT molecular complexity index is 2400. The molecule has 6 aromatic carbocycles. The summed E-state index contributed by atoms with van der Waals surface area (Å²) in [6, 6.07) is 50.8. The molecule has 9 rings (SSSR count). The topological polar surface area (TPSA) is 38.7 Å². The number of benzene rings is 6. The van der Waals surface area contributed by atoms with Crippen LogP contribution in [0.2, 0.25) is 0 Å². The van der Waals surface area contributed by atoms with Crippen LogP contribution >= 0.6 is 0 Å². The summed E-state index contributed by atoms with van der Waals surface area (Å²) in [5.74, 6) is 2.17. The molecule has 0 N–H and O–H groups in total. The van der Waals surface area contributed by atoms with Crippen LogP contribution in [0.3, 0.4) is 0 Å². The summed E-state index contributed by atoms with van der Waals surface area (Å²) in [5, 5.41) is 0. The lowest BCUT2D eigenvalue weighted by atomic mass is 9.70. The molecule has 230 valence electrons. The lowest BCUT2D eigenvalue weighted by Gasteiger charge is -2.30. The molecule has 0 amide bonds. The fraction of sp³-hybridized carbons (Fsp3) is 0.133. The molecule has 7 aromatic rings. The van der Waals surface area contributed by atoms with Gasteiger partial charge in [0, 0.05) is 16.5 Å². The fourth-order valence-electron chi connectivity index (χ4n) is 7.84. The van der Waals surface area contributed by atoms with Gasteiger partial charge in [-0.1, -0.05) is 154 Å². The Labute approximate surface area is 282 Å². The summed E-state index contributed by atoms with van der Waals surface area (Å²) in [5.41, 5.74) is 15.7. The van der Waals surface area contributed by atoms with E-state index in [1.54, 1.807) is 0 Å². The molecule has 0 bridgehead atoms. The second-order valence-corrected chi connectivity index (χ2v) is 14.2. The van der Waals surface area contributed by atoms with Gasteiger partial charge in [0.1, 0.15) is 5.82 Å². The van der Waals surface area contributed by atoms with Gasteiger partial charge < -0.3 is 0 Å². The van der Waals surface area contributed by atoms with Gasteiger partial charge in [0.05, 0.1) is 5.41 Å². The molecule has 2 aliphatic rings. The number of hydrogen-bond donors (Lipinski definition) is 0. The zero-order chi connectivity index (χ0) is 32.6. The quantitative estimate of drug-likeness (QED) is 0.198. The van der Waals surface area contributed by atoms with Crippen LogP contribution in [0.25, 0.3) is 56.2 Å². The van der Waals surface area contributed by atoms with Gasteiger partial charge in [0.25, 0.3) is 0 Å². The maximum atomic E-state index is 5.00. The Hall–Kier alpha value is -5.67. The van der Waals surface area contributed by atoms with Crippen LogP contribution < -0.4 is 0 Å². The smallest absolute Gasteiger partial charge is 0.163 e. The molecule has 1 unspecified atom stereocenters. The number of aryl methyl sites for hydroxylation is 1. The minimum Gasteiger partial charge on any atom is -0.212 e. The van der Waals surface area contributed by atoms with E-state index in [1.807, 2.05) is 18.2 Å². The number of fused-ring (bicyclic) bond motifs is 10. The average molecular weight is 618 g/mol. The lowest BCUT2D eigenvalue weighted by Crippen LogP contribution is -2.25. The van der Waals surface area contributed by atoms with Crippen molar-refractivity contribution in [1.82, 2.24) is 15.0 Å². The zero-order valence-electron chi connectivity index (χ0n) is 27.6. The molecule has 3 heteroatoms. The van der Waals surface area contributed by atoms with Crippen LogP contribution in [0.15, 0.2) is 140 Å². The second-order valence-electron chi connectivity index (χ2n) is 14.2. The van der Waals surface area contributed by atoms with Crippen molar-refractivity contribution >= 4 is 0 Å². The molecule has 0 saturated carbocycles. The van der Waals surface area contributed by atoms with Crippen LogP contribution in [0.4, 0.5) is 0 Å². The third kappa shape index (κ3) is 4.17. The van der Waals surface area contributed by atoms with Crippen LogP contribution in [-0.2, 0) is 10.8 Å². The maximum absolute atomic E-state index is 5.00. The van der Waals surface area contributed by atoms with Crippen molar-refractivity contribution in [3.05, 3.63) is 173 Å². The molecule has 1 heterocycles. The first-order chi connectivity index (χ1) is 23.3. The fourth-order valence-corrected chi connectivity index (χ4v) is 7.84. The van der Waals surface area contributed by atoms with Crippen molar-refractivity contribution in [2.45, 2.75) is 38.5 Å². The number of nitrogens with zero attached hydrogens (tertiary/aromatic N) is 3. The summed E-state index contributed by atoms with van der Waals surface area (Å²) in [6.07, 6.45) is 0. The van der Waals surface area contributed by atoms with Crippen molar-refractivity contribution in [3.8, 4) is 56.2 Å². The first kappa shape index (κ1) is 28.5. The molecule has 0 fully saturated rings. The van der Waals surface area contributed by atoms with E-state index >= 15 is 0 Å². The Balaban J connectivity index is 1.21. The molecule has 1 spiro atoms. The molecule has 0 radical (unpaired) electrons. The maximum Gasteiger partial charge on any atom is 0.163 e. The SMILES string of the molecule is Cc1ccc2c(c1)-c1ccccc1C21c2ccccc2-c2cc(-c3cccc(-c4nc(-c5ccccc5)nc(C(C)(C)C)n4)c3)ccc21. The van der Waals surface area contributed by atoms with Gasteiger partial charge in [-0.05, 0) is 74.7 Å². The summed E-state index contributed by atoms with van der Waals surface area (Å²) in [7, 11) is 0. The van der Waals surface area contributed by atoms with Crippen LogP contribution in [0.1, 0.15) is 54.4 Å².